The number of nitrogens with one attached hydrogen (secondary N) is 2. The molecule has 0 saturated carbocycles. The zero-order valence-electron chi connectivity index (χ0n) is 17.1. The van der Waals surface area contributed by atoms with E-state index in [4.69, 9.17) is 17.2 Å². The van der Waals surface area contributed by atoms with Gasteiger partial charge in [0.15, 0.2) is 0 Å². The summed E-state index contributed by atoms with van der Waals surface area (Å²) in [6, 6.07) is -4.19. The first-order valence-electron chi connectivity index (χ1n) is 9.96. The zero-order valence-corrected chi connectivity index (χ0v) is 17.1. The molecule has 1 heterocycles. The molecule has 12 nitrogen and oxygen atoms in total. The first-order valence-corrected chi connectivity index (χ1v) is 9.96. The Kier molecular flexibility index (Phi) is 10.2. The monoisotopic (exact) mass is 428 g/mol. The largest absolute Gasteiger partial charge is 0.480 e. The van der Waals surface area contributed by atoms with E-state index in [0.717, 1.165) is 0 Å². The van der Waals surface area contributed by atoms with Crippen molar-refractivity contribution in [3.63, 3.8) is 0 Å². The second-order valence-electron chi connectivity index (χ2n) is 7.38. The number of carboxylic acid groups (broad SMARTS) is 1. The van der Waals surface area contributed by atoms with Gasteiger partial charge in [-0.1, -0.05) is 6.42 Å². The van der Waals surface area contributed by atoms with Gasteiger partial charge in [0.1, 0.15) is 18.1 Å². The van der Waals surface area contributed by atoms with Crippen molar-refractivity contribution in [2.75, 3.05) is 13.1 Å². The zero-order chi connectivity index (χ0) is 22.8. The van der Waals surface area contributed by atoms with Gasteiger partial charge in [-0.25, -0.2) is 4.79 Å². The molecule has 4 amide bonds. The Hall–Kier alpha value is -2.73. The highest BCUT2D eigenvalue weighted by molar-refractivity contribution is 5.96. The van der Waals surface area contributed by atoms with E-state index >= 15 is 0 Å². The second-order valence-corrected chi connectivity index (χ2v) is 7.38. The van der Waals surface area contributed by atoms with Gasteiger partial charge in [0.2, 0.25) is 23.6 Å². The van der Waals surface area contributed by atoms with Crippen molar-refractivity contribution in [3.8, 4) is 0 Å². The van der Waals surface area contributed by atoms with Crippen LogP contribution in [0.25, 0.3) is 0 Å². The van der Waals surface area contributed by atoms with Gasteiger partial charge in [-0.05, 0) is 39.2 Å². The molecule has 0 aromatic heterocycles. The number of hydrogen-bond donors (Lipinski definition) is 6. The Morgan fingerprint density at radius 1 is 1.13 bits per heavy atom. The number of carbonyl (C=O) groups excluding carboxylic acids is 4. The lowest BCUT2D eigenvalue weighted by atomic mass is 10.1. The maximum atomic E-state index is 12.6. The topological polar surface area (TPSA) is 211 Å². The van der Waals surface area contributed by atoms with Gasteiger partial charge in [0.05, 0.1) is 12.5 Å². The van der Waals surface area contributed by atoms with Crippen LogP contribution >= 0.6 is 0 Å². The smallest absolute Gasteiger partial charge is 0.326 e. The molecule has 0 bridgehead atoms. The molecular formula is C18H32N6O6. The molecule has 4 unspecified atom stereocenters. The van der Waals surface area contributed by atoms with Crippen LogP contribution in [0.1, 0.15) is 45.4 Å². The number of carboxylic acids is 1. The number of nitrogens with zero attached hydrogens (tertiary/aromatic N) is 1. The summed E-state index contributed by atoms with van der Waals surface area (Å²) in [5, 5.41) is 14.0. The fourth-order valence-electron chi connectivity index (χ4n) is 3.24. The van der Waals surface area contributed by atoms with Crippen LogP contribution in [0, 0.1) is 0 Å². The van der Waals surface area contributed by atoms with Crippen molar-refractivity contribution in [2.24, 2.45) is 17.2 Å². The van der Waals surface area contributed by atoms with Crippen LogP contribution in [0.2, 0.25) is 0 Å². The average molecular weight is 428 g/mol. The van der Waals surface area contributed by atoms with Crippen molar-refractivity contribution in [2.45, 2.75) is 69.6 Å². The lowest BCUT2D eigenvalue weighted by Crippen LogP contribution is -2.57. The number of aliphatic carboxylic acids is 1. The molecule has 1 aliphatic rings. The maximum Gasteiger partial charge on any atom is 0.326 e. The third-order valence-electron chi connectivity index (χ3n) is 4.89. The predicted molar refractivity (Wildman–Crippen MR) is 107 cm³/mol. The van der Waals surface area contributed by atoms with E-state index in [0.29, 0.717) is 38.6 Å². The Morgan fingerprint density at radius 3 is 2.37 bits per heavy atom. The average Bonchev–Trinajstić information content (AvgIpc) is 3.16. The van der Waals surface area contributed by atoms with Crippen LogP contribution in [-0.4, -0.2) is 76.9 Å². The number of amides is 4. The van der Waals surface area contributed by atoms with E-state index in [1.54, 1.807) is 0 Å². The van der Waals surface area contributed by atoms with Gasteiger partial charge in [0, 0.05) is 6.54 Å². The maximum absolute atomic E-state index is 12.6. The summed E-state index contributed by atoms with van der Waals surface area (Å²) in [4.78, 5) is 61.2. The highest BCUT2D eigenvalue weighted by Gasteiger charge is 2.37. The Labute approximate surface area is 174 Å². The molecular weight excluding hydrogens is 396 g/mol. The molecule has 9 N–H and O–H groups in total. The van der Waals surface area contributed by atoms with E-state index < -0.39 is 60.2 Å². The van der Waals surface area contributed by atoms with Gasteiger partial charge in [-0.3, -0.25) is 19.2 Å². The Bertz CT molecular complexity index is 657. The Morgan fingerprint density at radius 2 is 1.80 bits per heavy atom. The van der Waals surface area contributed by atoms with Crippen LogP contribution in [0.4, 0.5) is 0 Å². The summed E-state index contributed by atoms with van der Waals surface area (Å²) >= 11 is 0. The lowest BCUT2D eigenvalue weighted by molar-refractivity contribution is -0.149. The number of rotatable bonds is 12. The van der Waals surface area contributed by atoms with E-state index in [-0.39, 0.29) is 6.54 Å². The number of nitrogens with two attached hydrogens (primary N) is 3. The first-order chi connectivity index (χ1) is 14.1. The SMILES string of the molecule is CC(NC(=O)C(CC(N)=O)NC(=O)C(N)CCCCN)C(=O)N1CCCC1C(=O)O. The normalized spacial score (nSPS) is 18.9. The van der Waals surface area contributed by atoms with Gasteiger partial charge >= 0.3 is 5.97 Å². The van der Waals surface area contributed by atoms with Crippen LogP contribution in [0.15, 0.2) is 0 Å². The van der Waals surface area contributed by atoms with Crippen molar-refractivity contribution >= 4 is 29.6 Å². The summed E-state index contributed by atoms with van der Waals surface area (Å²) < 4.78 is 0. The quantitative estimate of drug-likeness (QED) is 0.181. The Balaban J connectivity index is 2.73. The first kappa shape index (κ1) is 25.3. The van der Waals surface area contributed by atoms with Gasteiger partial charge in [-0.2, -0.15) is 0 Å². The molecule has 1 saturated heterocycles. The van der Waals surface area contributed by atoms with E-state index in [9.17, 15) is 29.1 Å². The molecule has 1 aliphatic heterocycles. The van der Waals surface area contributed by atoms with Crippen molar-refractivity contribution in [1.29, 1.82) is 0 Å². The fraction of sp³-hybridized carbons (Fsp3) is 0.722. The highest BCUT2D eigenvalue weighted by Crippen LogP contribution is 2.18. The summed E-state index contributed by atoms with van der Waals surface area (Å²) in [7, 11) is 0. The third-order valence-corrected chi connectivity index (χ3v) is 4.89. The number of hydrogen-bond acceptors (Lipinski definition) is 7. The van der Waals surface area contributed by atoms with Crippen LogP contribution in [-0.2, 0) is 24.0 Å². The minimum atomic E-state index is -1.31. The van der Waals surface area contributed by atoms with Crippen LogP contribution in [0.3, 0.4) is 0 Å². The van der Waals surface area contributed by atoms with E-state index in [2.05, 4.69) is 10.6 Å². The minimum absolute atomic E-state index is 0.273. The molecule has 12 heteroatoms. The molecule has 1 fully saturated rings. The molecule has 0 radical (unpaired) electrons. The van der Waals surface area contributed by atoms with E-state index in [1.807, 2.05) is 0 Å². The molecule has 1 rings (SSSR count). The molecule has 0 aromatic rings. The molecule has 0 aromatic carbocycles. The van der Waals surface area contributed by atoms with Gasteiger partial charge < -0.3 is 37.8 Å². The molecule has 4 atom stereocenters. The van der Waals surface area contributed by atoms with Crippen molar-refractivity contribution in [1.82, 2.24) is 15.5 Å². The highest BCUT2D eigenvalue weighted by atomic mass is 16.4. The van der Waals surface area contributed by atoms with Crippen LogP contribution in [0.5, 0.6) is 0 Å². The molecule has 0 spiro atoms. The lowest BCUT2D eigenvalue weighted by Gasteiger charge is -2.27. The predicted octanol–water partition coefficient (Wildman–Crippen LogP) is -2.62. The summed E-state index contributed by atoms with van der Waals surface area (Å²) in [5.41, 5.74) is 16.4. The third kappa shape index (κ3) is 7.59. The number of primary amides is 1. The minimum Gasteiger partial charge on any atom is -0.480 e. The molecule has 30 heavy (non-hydrogen) atoms. The number of unbranched alkanes of at least 4 members (excludes halogenated alkanes) is 1. The summed E-state index contributed by atoms with van der Waals surface area (Å²) in [6.07, 6.45) is 2.09. The summed E-state index contributed by atoms with van der Waals surface area (Å²) in [5.74, 6) is -3.91. The van der Waals surface area contributed by atoms with Crippen molar-refractivity contribution in [3.05, 3.63) is 0 Å². The van der Waals surface area contributed by atoms with Crippen LogP contribution < -0.4 is 27.8 Å². The second kappa shape index (κ2) is 12.1. The number of carbonyl (C=O) groups is 5. The fourth-order valence-corrected chi connectivity index (χ4v) is 3.24. The molecule has 170 valence electrons. The van der Waals surface area contributed by atoms with Crippen molar-refractivity contribution < 1.29 is 29.1 Å². The standard InChI is InChI=1S/C18H32N6O6/c1-10(17(28)24-8-4-6-13(24)18(29)30)22-16(27)12(9-14(21)25)23-15(26)11(20)5-2-3-7-19/h10-13H,2-9,19-20H2,1H3,(H2,21,25)(H,22,27)(H,23,26)(H,29,30). The summed E-state index contributed by atoms with van der Waals surface area (Å²) in [6.45, 7) is 2.14. The van der Waals surface area contributed by atoms with Gasteiger partial charge in [0.25, 0.3) is 0 Å². The van der Waals surface area contributed by atoms with Gasteiger partial charge in [-0.15, -0.1) is 0 Å². The number of likely N-dealkylation sites (tertiary alicyclic amines) is 1. The molecule has 0 aliphatic carbocycles. The van der Waals surface area contributed by atoms with E-state index in [1.165, 1.54) is 11.8 Å².